The van der Waals surface area contributed by atoms with E-state index in [4.69, 9.17) is 4.74 Å². The van der Waals surface area contributed by atoms with Crippen LogP contribution < -0.4 is 15.4 Å². The van der Waals surface area contributed by atoms with Gasteiger partial charge in [0, 0.05) is 31.0 Å². The van der Waals surface area contributed by atoms with Crippen LogP contribution in [0.25, 0.3) is 0 Å². The summed E-state index contributed by atoms with van der Waals surface area (Å²) in [5.74, 6) is 0.411. The highest BCUT2D eigenvalue weighted by atomic mass is 16.5. The molecule has 1 aliphatic rings. The number of carbonyl (C=O) groups excluding carboxylic acids is 3. The SMILES string of the molecule is CCc1ccc(C(=O)CCC(=O)NCCc2ccc(OCC(=O)NC3CC3)cc2)cc1. The van der Waals surface area contributed by atoms with Gasteiger partial charge >= 0.3 is 0 Å². The molecule has 31 heavy (non-hydrogen) atoms. The maximum Gasteiger partial charge on any atom is 0.258 e. The molecule has 1 saturated carbocycles. The summed E-state index contributed by atoms with van der Waals surface area (Å²) in [6, 6.07) is 15.4. The highest BCUT2D eigenvalue weighted by Gasteiger charge is 2.23. The number of benzene rings is 2. The minimum atomic E-state index is -0.125. The Morgan fingerprint density at radius 1 is 0.903 bits per heavy atom. The van der Waals surface area contributed by atoms with E-state index in [2.05, 4.69) is 17.6 Å². The number of hydrogen-bond acceptors (Lipinski definition) is 4. The van der Waals surface area contributed by atoms with Gasteiger partial charge in [-0.2, -0.15) is 0 Å². The van der Waals surface area contributed by atoms with E-state index in [-0.39, 0.29) is 37.0 Å². The lowest BCUT2D eigenvalue weighted by atomic mass is 10.0. The summed E-state index contributed by atoms with van der Waals surface area (Å²) in [7, 11) is 0. The summed E-state index contributed by atoms with van der Waals surface area (Å²) in [4.78, 5) is 35.9. The second kappa shape index (κ2) is 11.3. The zero-order valence-electron chi connectivity index (χ0n) is 18.0. The molecule has 0 heterocycles. The van der Waals surface area contributed by atoms with Gasteiger partial charge in [0.15, 0.2) is 12.4 Å². The molecule has 2 amide bonds. The van der Waals surface area contributed by atoms with Crippen LogP contribution in [0.1, 0.15) is 54.1 Å². The summed E-state index contributed by atoms with van der Waals surface area (Å²) < 4.78 is 5.48. The van der Waals surface area contributed by atoms with Crippen LogP contribution in [0.15, 0.2) is 48.5 Å². The Labute approximate surface area is 183 Å². The molecule has 0 unspecified atom stereocenters. The number of Topliss-reactive ketones (excluding diaryl/α,β-unsaturated/α-hetero) is 1. The molecule has 2 N–H and O–H groups in total. The lowest BCUT2D eigenvalue weighted by molar-refractivity contribution is -0.123. The van der Waals surface area contributed by atoms with Crippen molar-refractivity contribution in [1.82, 2.24) is 10.6 Å². The van der Waals surface area contributed by atoms with Gasteiger partial charge in [0.05, 0.1) is 0 Å². The summed E-state index contributed by atoms with van der Waals surface area (Å²) >= 11 is 0. The average molecular weight is 423 g/mol. The molecule has 3 rings (SSSR count). The molecular formula is C25H30N2O4. The molecular weight excluding hydrogens is 392 g/mol. The molecule has 0 aliphatic heterocycles. The van der Waals surface area contributed by atoms with E-state index in [1.165, 1.54) is 5.56 Å². The first-order valence-corrected chi connectivity index (χ1v) is 10.9. The fraction of sp³-hybridized carbons (Fsp3) is 0.400. The van der Waals surface area contributed by atoms with Crippen molar-refractivity contribution in [3.8, 4) is 5.75 Å². The zero-order valence-corrected chi connectivity index (χ0v) is 18.0. The number of amides is 2. The predicted molar refractivity (Wildman–Crippen MR) is 119 cm³/mol. The van der Waals surface area contributed by atoms with Crippen molar-refractivity contribution in [3.63, 3.8) is 0 Å². The molecule has 0 spiro atoms. The zero-order chi connectivity index (χ0) is 22.1. The molecule has 164 valence electrons. The van der Waals surface area contributed by atoms with Gasteiger partial charge in [0.2, 0.25) is 5.91 Å². The van der Waals surface area contributed by atoms with E-state index < -0.39 is 0 Å². The number of ketones is 1. The standard InChI is InChI=1S/C25H30N2O4/c1-2-18-3-7-20(8-4-18)23(28)13-14-24(29)26-16-15-19-5-11-22(12-6-19)31-17-25(30)27-21-9-10-21/h3-8,11-12,21H,2,9-10,13-17H2,1H3,(H,26,29)(H,27,30). The molecule has 2 aromatic carbocycles. The van der Waals surface area contributed by atoms with Crippen molar-refractivity contribution in [2.24, 2.45) is 0 Å². The molecule has 0 radical (unpaired) electrons. The largest absolute Gasteiger partial charge is 0.484 e. The van der Waals surface area contributed by atoms with Gasteiger partial charge in [-0.25, -0.2) is 0 Å². The smallest absolute Gasteiger partial charge is 0.258 e. The maximum atomic E-state index is 12.2. The van der Waals surface area contributed by atoms with Crippen LogP contribution in [0, 0.1) is 0 Å². The topological polar surface area (TPSA) is 84.5 Å². The minimum Gasteiger partial charge on any atom is -0.484 e. The van der Waals surface area contributed by atoms with Crippen LogP contribution >= 0.6 is 0 Å². The Kier molecular flexibility index (Phi) is 8.21. The lowest BCUT2D eigenvalue weighted by Crippen LogP contribution is -2.30. The molecule has 1 aliphatic carbocycles. The Bertz CT molecular complexity index is 887. The maximum absolute atomic E-state index is 12.2. The van der Waals surface area contributed by atoms with E-state index in [1.807, 2.05) is 48.5 Å². The van der Waals surface area contributed by atoms with Crippen molar-refractivity contribution in [2.45, 2.75) is 51.5 Å². The number of aryl methyl sites for hydroxylation is 1. The first-order valence-electron chi connectivity index (χ1n) is 10.9. The van der Waals surface area contributed by atoms with Gasteiger partial charge in [-0.1, -0.05) is 43.3 Å². The molecule has 0 bridgehead atoms. The molecule has 0 aromatic heterocycles. The van der Waals surface area contributed by atoms with Gasteiger partial charge in [-0.3, -0.25) is 14.4 Å². The number of carbonyl (C=O) groups is 3. The third-order valence-electron chi connectivity index (χ3n) is 5.23. The normalized spacial score (nSPS) is 12.8. The van der Waals surface area contributed by atoms with Crippen LogP contribution in [0.2, 0.25) is 0 Å². The van der Waals surface area contributed by atoms with Gasteiger partial charge in [0.1, 0.15) is 5.75 Å². The Morgan fingerprint density at radius 3 is 2.23 bits per heavy atom. The molecule has 2 aromatic rings. The fourth-order valence-corrected chi connectivity index (χ4v) is 3.13. The van der Waals surface area contributed by atoms with Gasteiger partial charge in [-0.15, -0.1) is 0 Å². The van der Waals surface area contributed by atoms with E-state index >= 15 is 0 Å². The van der Waals surface area contributed by atoms with Crippen molar-refractivity contribution >= 4 is 17.6 Å². The summed E-state index contributed by atoms with van der Waals surface area (Å²) in [6.45, 7) is 2.59. The average Bonchev–Trinajstić information content (AvgIpc) is 3.61. The van der Waals surface area contributed by atoms with Gasteiger partial charge in [-0.05, 0) is 48.9 Å². The second-order valence-electron chi connectivity index (χ2n) is 7.85. The molecule has 6 heteroatoms. The van der Waals surface area contributed by atoms with E-state index in [0.717, 1.165) is 24.8 Å². The van der Waals surface area contributed by atoms with E-state index in [1.54, 1.807) is 0 Å². The molecule has 0 atom stereocenters. The van der Waals surface area contributed by atoms with Crippen molar-refractivity contribution < 1.29 is 19.1 Å². The Morgan fingerprint density at radius 2 is 1.58 bits per heavy atom. The highest BCUT2D eigenvalue weighted by Crippen LogP contribution is 2.18. The lowest BCUT2D eigenvalue weighted by Gasteiger charge is -2.08. The van der Waals surface area contributed by atoms with Crippen LogP contribution in [-0.2, 0) is 22.4 Å². The van der Waals surface area contributed by atoms with Crippen LogP contribution in [0.4, 0.5) is 0 Å². The first-order chi connectivity index (χ1) is 15.0. The number of hydrogen-bond donors (Lipinski definition) is 2. The highest BCUT2D eigenvalue weighted by molar-refractivity contribution is 5.97. The quantitative estimate of drug-likeness (QED) is 0.515. The monoisotopic (exact) mass is 422 g/mol. The third-order valence-corrected chi connectivity index (χ3v) is 5.23. The number of nitrogens with one attached hydrogen (secondary N) is 2. The number of rotatable bonds is 12. The summed E-state index contributed by atoms with van der Waals surface area (Å²) in [5.41, 5.74) is 2.90. The van der Waals surface area contributed by atoms with E-state index in [0.29, 0.717) is 30.3 Å². The summed E-state index contributed by atoms with van der Waals surface area (Å²) in [6.07, 6.45) is 4.12. The molecule has 0 saturated heterocycles. The van der Waals surface area contributed by atoms with Gasteiger partial charge in [0.25, 0.3) is 5.91 Å². The van der Waals surface area contributed by atoms with Crippen LogP contribution in [0.5, 0.6) is 5.75 Å². The van der Waals surface area contributed by atoms with Crippen LogP contribution in [0.3, 0.4) is 0 Å². The van der Waals surface area contributed by atoms with Crippen LogP contribution in [-0.4, -0.2) is 36.8 Å². The predicted octanol–water partition coefficient (Wildman–Crippen LogP) is 3.23. The third kappa shape index (κ3) is 7.89. The molecule has 1 fully saturated rings. The Balaban J connectivity index is 1.31. The first kappa shape index (κ1) is 22.5. The minimum absolute atomic E-state index is 0.0146. The van der Waals surface area contributed by atoms with Crippen molar-refractivity contribution in [2.75, 3.05) is 13.2 Å². The second-order valence-corrected chi connectivity index (χ2v) is 7.85. The fourth-order valence-electron chi connectivity index (χ4n) is 3.13. The van der Waals surface area contributed by atoms with Gasteiger partial charge < -0.3 is 15.4 Å². The number of ether oxygens (including phenoxy) is 1. The van der Waals surface area contributed by atoms with E-state index in [9.17, 15) is 14.4 Å². The summed E-state index contributed by atoms with van der Waals surface area (Å²) in [5, 5.41) is 5.74. The van der Waals surface area contributed by atoms with Crippen molar-refractivity contribution in [1.29, 1.82) is 0 Å². The Hall–Kier alpha value is -3.15. The molecule has 6 nitrogen and oxygen atoms in total. The van der Waals surface area contributed by atoms with Crippen molar-refractivity contribution in [3.05, 3.63) is 65.2 Å².